The molecule has 0 radical (unpaired) electrons. The molecule has 0 aromatic heterocycles. The van der Waals surface area contributed by atoms with Gasteiger partial charge in [-0.1, -0.05) is 0 Å². The second-order valence-electron chi connectivity index (χ2n) is 8.55. The number of amides is 2. The smallest absolute Gasteiger partial charge is 0.407 e. The van der Waals surface area contributed by atoms with Gasteiger partial charge in [-0.05, 0) is 64.2 Å². The van der Waals surface area contributed by atoms with Crippen LogP contribution in [0.4, 0.5) is 13.6 Å². The predicted molar refractivity (Wildman–Crippen MR) is 108 cm³/mol. The van der Waals surface area contributed by atoms with Gasteiger partial charge in [0.05, 0.1) is 18.2 Å². The Labute approximate surface area is 175 Å². The maximum Gasteiger partial charge on any atom is 0.407 e. The zero-order valence-corrected chi connectivity index (χ0v) is 17.6. The minimum Gasteiger partial charge on any atom is -0.444 e. The molecule has 1 aliphatic rings. The van der Waals surface area contributed by atoms with Crippen LogP contribution in [0.5, 0.6) is 0 Å². The Kier molecular flexibility index (Phi) is 8.54. The lowest BCUT2D eigenvalue weighted by Crippen LogP contribution is -2.52. The SMILES string of the molecule is CC(C)(C)OC(=O)N[C@@H](Cc1cc(F)cc(F)c1)[C@H](O)CN[C@H]1CCCCNC1=O. The first-order valence-electron chi connectivity index (χ1n) is 10.2. The lowest BCUT2D eigenvalue weighted by atomic mass is 10.0. The molecule has 0 aliphatic carbocycles. The highest BCUT2D eigenvalue weighted by Crippen LogP contribution is 2.14. The Bertz CT molecular complexity index is 719. The zero-order chi connectivity index (χ0) is 22.3. The van der Waals surface area contributed by atoms with Crippen molar-refractivity contribution in [2.75, 3.05) is 13.1 Å². The second-order valence-corrected chi connectivity index (χ2v) is 8.55. The molecule has 1 heterocycles. The number of hydrogen-bond donors (Lipinski definition) is 4. The summed E-state index contributed by atoms with van der Waals surface area (Å²) in [4.78, 5) is 24.3. The van der Waals surface area contributed by atoms with Crippen molar-refractivity contribution in [2.45, 2.75) is 70.2 Å². The summed E-state index contributed by atoms with van der Waals surface area (Å²) in [5.74, 6) is -1.63. The van der Waals surface area contributed by atoms with Gasteiger partial charge in [0, 0.05) is 19.2 Å². The summed E-state index contributed by atoms with van der Waals surface area (Å²) in [5.41, 5.74) is -0.471. The summed E-state index contributed by atoms with van der Waals surface area (Å²) >= 11 is 0. The summed E-state index contributed by atoms with van der Waals surface area (Å²) in [7, 11) is 0. The topological polar surface area (TPSA) is 99.7 Å². The van der Waals surface area contributed by atoms with Gasteiger partial charge in [0.15, 0.2) is 0 Å². The Balaban J connectivity index is 2.08. The van der Waals surface area contributed by atoms with E-state index in [1.165, 1.54) is 0 Å². The van der Waals surface area contributed by atoms with Crippen LogP contribution in [0, 0.1) is 11.6 Å². The van der Waals surface area contributed by atoms with E-state index in [9.17, 15) is 23.5 Å². The van der Waals surface area contributed by atoms with Crippen LogP contribution < -0.4 is 16.0 Å². The number of ether oxygens (including phenoxy) is 1. The molecule has 7 nitrogen and oxygen atoms in total. The first-order chi connectivity index (χ1) is 14.0. The molecule has 0 bridgehead atoms. The molecular formula is C21H31F2N3O4. The number of aliphatic hydroxyl groups excluding tert-OH is 1. The van der Waals surface area contributed by atoms with Gasteiger partial charge in [-0.25, -0.2) is 13.6 Å². The maximum atomic E-state index is 13.6. The van der Waals surface area contributed by atoms with E-state index in [4.69, 9.17) is 4.74 Å². The lowest BCUT2D eigenvalue weighted by Gasteiger charge is -2.28. The first-order valence-corrected chi connectivity index (χ1v) is 10.2. The molecule has 1 fully saturated rings. The maximum absolute atomic E-state index is 13.6. The van der Waals surface area contributed by atoms with E-state index in [1.54, 1.807) is 20.8 Å². The molecule has 3 atom stereocenters. The molecular weight excluding hydrogens is 396 g/mol. The number of alkyl carbamates (subject to hydrolysis) is 1. The van der Waals surface area contributed by atoms with E-state index in [-0.39, 0.29) is 24.4 Å². The molecule has 1 saturated heterocycles. The minimum atomic E-state index is -1.13. The zero-order valence-electron chi connectivity index (χ0n) is 17.6. The van der Waals surface area contributed by atoms with Crippen LogP contribution >= 0.6 is 0 Å². The molecule has 1 aromatic rings. The van der Waals surface area contributed by atoms with Crippen molar-refractivity contribution in [1.29, 1.82) is 0 Å². The summed E-state index contributed by atoms with van der Waals surface area (Å²) in [6.07, 6.45) is 0.496. The van der Waals surface area contributed by atoms with Crippen molar-refractivity contribution in [3.05, 3.63) is 35.4 Å². The van der Waals surface area contributed by atoms with E-state index < -0.39 is 41.5 Å². The van der Waals surface area contributed by atoms with Gasteiger partial charge in [0.25, 0.3) is 0 Å². The molecule has 4 N–H and O–H groups in total. The van der Waals surface area contributed by atoms with Crippen LogP contribution in [-0.4, -0.2) is 54.0 Å². The van der Waals surface area contributed by atoms with Crippen LogP contribution in [0.25, 0.3) is 0 Å². The quantitative estimate of drug-likeness (QED) is 0.534. The molecule has 2 amide bonds. The molecule has 168 valence electrons. The Morgan fingerprint density at radius 1 is 1.27 bits per heavy atom. The molecule has 0 saturated carbocycles. The number of halogens is 2. The molecule has 0 unspecified atom stereocenters. The van der Waals surface area contributed by atoms with Gasteiger partial charge >= 0.3 is 6.09 Å². The van der Waals surface area contributed by atoms with Crippen LogP contribution in [0.2, 0.25) is 0 Å². The molecule has 1 aromatic carbocycles. The van der Waals surface area contributed by atoms with E-state index in [0.29, 0.717) is 13.0 Å². The highest BCUT2D eigenvalue weighted by molar-refractivity contribution is 5.81. The van der Waals surface area contributed by atoms with Crippen molar-refractivity contribution in [1.82, 2.24) is 16.0 Å². The second kappa shape index (κ2) is 10.7. The fourth-order valence-electron chi connectivity index (χ4n) is 3.26. The summed E-state index contributed by atoms with van der Waals surface area (Å²) in [6, 6.07) is 1.71. The van der Waals surface area contributed by atoms with Crippen LogP contribution in [0.1, 0.15) is 45.6 Å². The summed E-state index contributed by atoms with van der Waals surface area (Å²) < 4.78 is 32.4. The number of carbonyl (C=O) groups is 2. The van der Waals surface area contributed by atoms with E-state index in [1.807, 2.05) is 0 Å². The number of hydrogen-bond acceptors (Lipinski definition) is 5. The first kappa shape index (κ1) is 24.0. The third-order valence-corrected chi connectivity index (χ3v) is 4.65. The van der Waals surface area contributed by atoms with E-state index >= 15 is 0 Å². The Hall–Kier alpha value is -2.26. The van der Waals surface area contributed by atoms with E-state index in [2.05, 4.69) is 16.0 Å². The van der Waals surface area contributed by atoms with Crippen molar-refractivity contribution in [3.63, 3.8) is 0 Å². The summed E-state index contributed by atoms with van der Waals surface area (Å²) in [6.45, 7) is 5.73. The van der Waals surface area contributed by atoms with Gasteiger partial charge < -0.3 is 25.8 Å². The third kappa shape index (κ3) is 8.23. The number of carbonyl (C=O) groups excluding carboxylic acids is 2. The lowest BCUT2D eigenvalue weighted by molar-refractivity contribution is -0.123. The predicted octanol–water partition coefficient (Wildman–Crippen LogP) is 2.02. The fraction of sp³-hybridized carbons (Fsp3) is 0.619. The summed E-state index contributed by atoms with van der Waals surface area (Å²) in [5, 5.41) is 19.1. The fourth-order valence-corrected chi connectivity index (χ4v) is 3.26. The number of aliphatic hydroxyl groups is 1. The molecule has 30 heavy (non-hydrogen) atoms. The van der Waals surface area contributed by atoms with E-state index in [0.717, 1.165) is 31.0 Å². The number of rotatable bonds is 7. The monoisotopic (exact) mass is 427 g/mol. The third-order valence-electron chi connectivity index (χ3n) is 4.65. The van der Waals surface area contributed by atoms with Gasteiger partial charge in [-0.2, -0.15) is 0 Å². The van der Waals surface area contributed by atoms with Gasteiger partial charge in [-0.3, -0.25) is 4.79 Å². The van der Waals surface area contributed by atoms with Crippen molar-refractivity contribution in [2.24, 2.45) is 0 Å². The normalized spacial score (nSPS) is 19.4. The van der Waals surface area contributed by atoms with Crippen molar-refractivity contribution < 1.29 is 28.2 Å². The van der Waals surface area contributed by atoms with Crippen LogP contribution in [-0.2, 0) is 16.0 Å². The highest BCUT2D eigenvalue weighted by Gasteiger charge is 2.27. The Morgan fingerprint density at radius 2 is 1.93 bits per heavy atom. The Morgan fingerprint density at radius 3 is 2.57 bits per heavy atom. The van der Waals surface area contributed by atoms with Crippen molar-refractivity contribution in [3.8, 4) is 0 Å². The largest absolute Gasteiger partial charge is 0.444 e. The standard InChI is InChI=1S/C21H31F2N3O4/c1-21(2,3)30-20(29)26-17(10-13-8-14(22)11-15(23)9-13)18(27)12-25-16-6-4-5-7-24-19(16)28/h8-9,11,16-18,25,27H,4-7,10,12H2,1-3H3,(H,24,28)(H,26,29)/t16-,17-,18+/m0/s1. The molecule has 1 aliphatic heterocycles. The molecule has 2 rings (SSSR count). The average Bonchev–Trinajstić information content (AvgIpc) is 2.80. The highest BCUT2D eigenvalue weighted by atomic mass is 19.1. The number of nitrogens with one attached hydrogen (secondary N) is 3. The van der Waals surface area contributed by atoms with Gasteiger partial charge in [0.1, 0.15) is 17.2 Å². The van der Waals surface area contributed by atoms with Crippen molar-refractivity contribution >= 4 is 12.0 Å². The average molecular weight is 427 g/mol. The van der Waals surface area contributed by atoms with Gasteiger partial charge in [-0.15, -0.1) is 0 Å². The minimum absolute atomic E-state index is 0.0103. The van der Waals surface area contributed by atoms with Crippen LogP contribution in [0.3, 0.4) is 0 Å². The molecule has 9 heteroatoms. The molecule has 0 spiro atoms. The van der Waals surface area contributed by atoms with Crippen LogP contribution in [0.15, 0.2) is 18.2 Å². The van der Waals surface area contributed by atoms with Gasteiger partial charge in [0.2, 0.25) is 5.91 Å². The number of benzene rings is 1.